The number of sulfonamides is 1. The van der Waals surface area contributed by atoms with Crippen LogP contribution in [0.3, 0.4) is 0 Å². The van der Waals surface area contributed by atoms with Gasteiger partial charge in [-0.3, -0.25) is 4.79 Å². The highest BCUT2D eigenvalue weighted by molar-refractivity contribution is 7.89. The van der Waals surface area contributed by atoms with Crippen molar-refractivity contribution in [3.05, 3.63) is 82.9 Å². The van der Waals surface area contributed by atoms with Crippen LogP contribution < -0.4 is 14.8 Å². The lowest BCUT2D eigenvalue weighted by molar-refractivity contribution is -0.118. The van der Waals surface area contributed by atoms with Crippen molar-refractivity contribution in [1.29, 1.82) is 0 Å². The molecule has 3 aromatic rings. The molecule has 9 heteroatoms. The number of methoxy groups -OCH3 is 1. The molecule has 1 aliphatic heterocycles. The third-order valence-corrected chi connectivity index (χ3v) is 7.51. The molecule has 0 spiro atoms. The third-order valence-electron chi connectivity index (χ3n) is 5.38. The number of halogens is 1. The number of nitrogens with one attached hydrogen (secondary N) is 1. The number of anilines is 1. The first-order chi connectivity index (χ1) is 15.9. The number of carbonyl (C=O) groups is 1. The van der Waals surface area contributed by atoms with Gasteiger partial charge < -0.3 is 14.8 Å². The number of hydrogen-bond donors (Lipinski definition) is 1. The fraction of sp³-hybridized carbons (Fsp3) is 0.208. The molecule has 7 nitrogen and oxygen atoms in total. The summed E-state index contributed by atoms with van der Waals surface area (Å²) in [6.45, 7) is 0.419. The van der Waals surface area contributed by atoms with Crippen LogP contribution in [0.25, 0.3) is 0 Å². The summed E-state index contributed by atoms with van der Waals surface area (Å²) in [5, 5.41) is 2.81. The number of carbonyl (C=O) groups excluding carboxylic acids is 1. The van der Waals surface area contributed by atoms with Gasteiger partial charge in [-0.15, -0.1) is 0 Å². The Morgan fingerprint density at radius 3 is 2.52 bits per heavy atom. The van der Waals surface area contributed by atoms with E-state index in [1.807, 2.05) is 24.3 Å². The number of nitrogens with zero attached hydrogens (tertiary/aromatic N) is 1. The van der Waals surface area contributed by atoms with E-state index in [9.17, 15) is 13.2 Å². The van der Waals surface area contributed by atoms with E-state index in [0.29, 0.717) is 30.9 Å². The summed E-state index contributed by atoms with van der Waals surface area (Å²) in [6.07, 6.45) is 0.658. The zero-order valence-electron chi connectivity index (χ0n) is 18.0. The van der Waals surface area contributed by atoms with Crippen LogP contribution in [0.15, 0.2) is 71.6 Å². The number of ether oxygens (including phenoxy) is 2. The van der Waals surface area contributed by atoms with Crippen LogP contribution in [0.4, 0.5) is 5.69 Å². The van der Waals surface area contributed by atoms with Crippen molar-refractivity contribution in [3.8, 4) is 11.5 Å². The fourth-order valence-corrected chi connectivity index (χ4v) is 5.41. The second-order valence-electron chi connectivity index (χ2n) is 7.49. The number of hydrogen-bond acceptors (Lipinski definition) is 5. The molecule has 1 heterocycles. The molecule has 172 valence electrons. The minimum absolute atomic E-state index is 0.0812. The first-order valence-electron chi connectivity index (χ1n) is 10.3. The minimum atomic E-state index is -3.72. The van der Waals surface area contributed by atoms with Gasteiger partial charge >= 0.3 is 0 Å². The molecule has 3 aromatic carbocycles. The topological polar surface area (TPSA) is 84.9 Å². The number of amides is 1. The van der Waals surface area contributed by atoms with Crippen LogP contribution in [-0.4, -0.2) is 38.9 Å². The maximum absolute atomic E-state index is 13.1. The molecule has 0 fully saturated rings. The van der Waals surface area contributed by atoms with Crippen molar-refractivity contribution < 1.29 is 22.7 Å². The Balaban J connectivity index is 1.42. The maximum Gasteiger partial charge on any atom is 0.262 e. The summed E-state index contributed by atoms with van der Waals surface area (Å²) in [7, 11) is -2.21. The summed E-state index contributed by atoms with van der Waals surface area (Å²) in [5.74, 6) is 0.341. The van der Waals surface area contributed by atoms with E-state index in [1.165, 1.54) is 29.6 Å². The van der Waals surface area contributed by atoms with Gasteiger partial charge in [-0.05, 0) is 47.9 Å². The molecule has 0 saturated heterocycles. The summed E-state index contributed by atoms with van der Waals surface area (Å²) >= 11 is 6.29. The average Bonchev–Trinajstić information content (AvgIpc) is 2.83. The van der Waals surface area contributed by atoms with Crippen LogP contribution >= 0.6 is 11.6 Å². The Bertz CT molecular complexity index is 1280. The smallest absolute Gasteiger partial charge is 0.262 e. The zero-order valence-corrected chi connectivity index (χ0v) is 19.5. The lowest BCUT2D eigenvalue weighted by Crippen LogP contribution is -2.35. The van der Waals surface area contributed by atoms with Crippen LogP contribution in [0.1, 0.15) is 11.1 Å². The molecule has 1 aliphatic rings. The summed E-state index contributed by atoms with van der Waals surface area (Å²) in [6, 6.07) is 19.1. The Kier molecular flexibility index (Phi) is 6.88. The van der Waals surface area contributed by atoms with E-state index in [0.717, 1.165) is 11.1 Å². The second-order valence-corrected chi connectivity index (χ2v) is 9.83. The van der Waals surface area contributed by atoms with Crippen LogP contribution in [0.5, 0.6) is 11.5 Å². The van der Waals surface area contributed by atoms with Gasteiger partial charge in [0.25, 0.3) is 5.91 Å². The molecule has 4 rings (SSSR count). The second kappa shape index (κ2) is 9.82. The van der Waals surface area contributed by atoms with Crippen LogP contribution in [-0.2, 0) is 27.8 Å². The lowest BCUT2D eigenvalue weighted by Gasteiger charge is -2.28. The van der Waals surface area contributed by atoms with E-state index in [1.54, 1.807) is 24.3 Å². The number of fused-ring (bicyclic) bond motifs is 1. The maximum atomic E-state index is 13.1. The van der Waals surface area contributed by atoms with Crippen LogP contribution in [0.2, 0.25) is 5.02 Å². The number of benzene rings is 3. The highest BCUT2D eigenvalue weighted by Gasteiger charge is 2.28. The monoisotopic (exact) mass is 486 g/mol. The quantitative estimate of drug-likeness (QED) is 0.543. The van der Waals surface area contributed by atoms with E-state index in [2.05, 4.69) is 5.32 Å². The number of rotatable bonds is 7. The molecule has 1 amide bonds. The van der Waals surface area contributed by atoms with Crippen molar-refractivity contribution in [2.24, 2.45) is 0 Å². The van der Waals surface area contributed by atoms with Gasteiger partial charge in [-0.1, -0.05) is 48.0 Å². The summed E-state index contributed by atoms with van der Waals surface area (Å²) < 4.78 is 38.4. The Morgan fingerprint density at radius 2 is 1.76 bits per heavy atom. The Hall–Kier alpha value is -3.07. The predicted molar refractivity (Wildman–Crippen MR) is 126 cm³/mol. The van der Waals surface area contributed by atoms with E-state index >= 15 is 0 Å². The molecular weight excluding hydrogens is 464 g/mol. The van der Waals surface area contributed by atoms with Crippen molar-refractivity contribution in [2.45, 2.75) is 17.9 Å². The lowest BCUT2D eigenvalue weighted by atomic mass is 10.0. The molecule has 1 N–H and O–H groups in total. The van der Waals surface area contributed by atoms with E-state index in [4.69, 9.17) is 21.1 Å². The molecule has 0 atom stereocenters. The van der Waals surface area contributed by atoms with Gasteiger partial charge in [0.2, 0.25) is 10.0 Å². The molecule has 0 radical (unpaired) electrons. The van der Waals surface area contributed by atoms with Gasteiger partial charge in [0.05, 0.1) is 22.7 Å². The van der Waals surface area contributed by atoms with Gasteiger partial charge in [0.1, 0.15) is 11.5 Å². The predicted octanol–water partition coefficient (Wildman–Crippen LogP) is 4.11. The molecule has 0 aromatic heterocycles. The fourth-order valence-electron chi connectivity index (χ4n) is 3.66. The molecule has 0 saturated carbocycles. The molecule has 33 heavy (non-hydrogen) atoms. The van der Waals surface area contributed by atoms with Gasteiger partial charge in [-0.2, -0.15) is 4.31 Å². The molecule has 0 bridgehead atoms. The largest absolute Gasteiger partial charge is 0.495 e. The van der Waals surface area contributed by atoms with E-state index < -0.39 is 15.9 Å². The summed E-state index contributed by atoms with van der Waals surface area (Å²) in [5.41, 5.74) is 2.68. The first-order valence-corrected chi connectivity index (χ1v) is 12.1. The first kappa shape index (κ1) is 23.1. The van der Waals surface area contributed by atoms with Gasteiger partial charge in [-0.25, -0.2) is 8.42 Å². The number of para-hydroxylation sites is 2. The Labute approximate surface area is 197 Å². The summed E-state index contributed by atoms with van der Waals surface area (Å²) in [4.78, 5) is 12.3. The van der Waals surface area contributed by atoms with Crippen molar-refractivity contribution in [1.82, 2.24) is 4.31 Å². The zero-order chi connectivity index (χ0) is 23.4. The van der Waals surface area contributed by atoms with E-state index in [-0.39, 0.29) is 22.3 Å². The third kappa shape index (κ3) is 5.13. The van der Waals surface area contributed by atoms with Crippen molar-refractivity contribution in [2.75, 3.05) is 25.6 Å². The van der Waals surface area contributed by atoms with Crippen molar-refractivity contribution >= 4 is 33.2 Å². The normalized spacial score (nSPS) is 13.8. The average molecular weight is 487 g/mol. The Morgan fingerprint density at radius 1 is 1.03 bits per heavy atom. The van der Waals surface area contributed by atoms with Gasteiger partial charge in [0.15, 0.2) is 6.61 Å². The molecule has 0 aliphatic carbocycles. The molecule has 0 unspecified atom stereocenters. The molecular formula is C24H23ClN2O5S. The van der Waals surface area contributed by atoms with Crippen LogP contribution in [0, 0.1) is 0 Å². The standard InChI is InChI=1S/C24H23ClN2O5S/c1-31-23-9-5-4-8-21(23)26-24(28)16-32-22-11-10-19(14-20(22)25)33(29,30)27-13-12-17-6-2-3-7-18(17)15-27/h2-11,14H,12-13,15-16H2,1H3,(H,26,28). The SMILES string of the molecule is COc1ccccc1NC(=O)COc1ccc(S(=O)(=O)N2CCc3ccccc3C2)cc1Cl. The highest BCUT2D eigenvalue weighted by atomic mass is 35.5. The van der Waals surface area contributed by atoms with Crippen molar-refractivity contribution in [3.63, 3.8) is 0 Å². The minimum Gasteiger partial charge on any atom is -0.495 e. The highest BCUT2D eigenvalue weighted by Crippen LogP contribution is 2.31. The van der Waals surface area contributed by atoms with Gasteiger partial charge in [0, 0.05) is 13.1 Å².